The Kier molecular flexibility index (Phi) is 18.7. The van der Waals surface area contributed by atoms with Crippen LogP contribution >= 0.6 is 0 Å². The van der Waals surface area contributed by atoms with Crippen LogP contribution < -0.4 is 10.1 Å². The fourth-order valence-corrected chi connectivity index (χ4v) is 4.90. The summed E-state index contributed by atoms with van der Waals surface area (Å²) < 4.78 is 10.9. The second-order valence-electron chi connectivity index (χ2n) is 11.6. The van der Waals surface area contributed by atoms with Crippen molar-refractivity contribution in [2.75, 3.05) is 6.61 Å². The number of aromatic hydroxyl groups is 1. The number of aliphatic carboxylic acids is 1. The number of carbonyl (C=O) groups is 4. The van der Waals surface area contributed by atoms with Gasteiger partial charge in [0.1, 0.15) is 17.5 Å². The maximum atomic E-state index is 12.9. The Balaban J connectivity index is 1.75. The van der Waals surface area contributed by atoms with Crippen LogP contribution in [0.15, 0.2) is 48.5 Å². The summed E-state index contributed by atoms with van der Waals surface area (Å²) in [5.41, 5.74) is 1.70. The van der Waals surface area contributed by atoms with Gasteiger partial charge in [0.05, 0.1) is 6.61 Å². The third-order valence-corrected chi connectivity index (χ3v) is 7.56. The number of hydrogen-bond acceptors (Lipinski definition) is 7. The molecule has 2 rings (SSSR count). The van der Waals surface area contributed by atoms with Crippen LogP contribution in [0.3, 0.4) is 0 Å². The molecule has 0 saturated carbocycles. The summed E-state index contributed by atoms with van der Waals surface area (Å²) in [5.74, 6) is -1.22. The van der Waals surface area contributed by atoms with Crippen molar-refractivity contribution in [1.82, 2.24) is 5.32 Å². The van der Waals surface area contributed by atoms with Crippen molar-refractivity contribution < 1.29 is 38.9 Å². The van der Waals surface area contributed by atoms with Crippen LogP contribution in [0, 0.1) is 0 Å². The van der Waals surface area contributed by atoms with E-state index in [2.05, 4.69) is 12.2 Å². The van der Waals surface area contributed by atoms with Gasteiger partial charge in [0.25, 0.3) is 0 Å². The fraction of sp³-hybridized carbons (Fsp3) is 0.556. The van der Waals surface area contributed by atoms with E-state index in [-0.39, 0.29) is 36.9 Å². The maximum Gasteiger partial charge on any atom is 0.328 e. The largest absolute Gasteiger partial charge is 0.508 e. The zero-order valence-electron chi connectivity index (χ0n) is 26.8. The number of rotatable bonds is 24. The Labute approximate surface area is 267 Å². The number of benzene rings is 2. The second kappa shape index (κ2) is 22.6. The van der Waals surface area contributed by atoms with Crippen LogP contribution in [0.5, 0.6) is 11.5 Å². The van der Waals surface area contributed by atoms with Crippen molar-refractivity contribution in [3.8, 4) is 11.5 Å². The van der Waals surface area contributed by atoms with Gasteiger partial charge in [-0.25, -0.2) is 4.79 Å². The minimum Gasteiger partial charge on any atom is -0.508 e. The summed E-state index contributed by atoms with van der Waals surface area (Å²) in [6.45, 7) is 2.49. The normalized spacial score (nSPS) is 11.5. The first-order valence-corrected chi connectivity index (χ1v) is 16.5. The SMILES string of the molecule is CCCCCCCCOC(=O)[C@H](Cc1ccc(O)cc1)NC(=O)CCc1ccc(OC(=O)CCCCCCCCC(=O)O)cc1. The smallest absolute Gasteiger partial charge is 0.328 e. The molecule has 45 heavy (non-hydrogen) atoms. The lowest BCUT2D eigenvalue weighted by molar-refractivity contribution is -0.148. The summed E-state index contributed by atoms with van der Waals surface area (Å²) in [5, 5.41) is 21.1. The number of phenolic OH excluding ortho intramolecular Hbond substituents is 1. The molecule has 248 valence electrons. The van der Waals surface area contributed by atoms with Gasteiger partial charge in [-0.15, -0.1) is 0 Å². The number of carboxylic acid groups (broad SMARTS) is 1. The molecular formula is C36H51NO8. The summed E-state index contributed by atoms with van der Waals surface area (Å²) in [6, 6.07) is 12.8. The molecule has 0 spiro atoms. The highest BCUT2D eigenvalue weighted by atomic mass is 16.5. The van der Waals surface area contributed by atoms with E-state index >= 15 is 0 Å². The molecule has 0 aromatic heterocycles. The molecule has 0 bridgehead atoms. The standard InChI is InChI=1S/C36H51NO8/c1-2-3-4-5-10-13-26-44-36(43)32(27-29-16-21-30(38)22-17-29)37-33(39)25-20-28-18-23-31(24-19-28)45-35(42)15-12-9-7-6-8-11-14-34(40)41/h16-19,21-24,32,38H,2-15,20,25-27H2,1H3,(H,37,39)(H,40,41)/t32-/m0/s1. The number of ether oxygens (including phenoxy) is 2. The summed E-state index contributed by atoms with van der Waals surface area (Å²) in [7, 11) is 0. The van der Waals surface area contributed by atoms with Gasteiger partial charge in [0.15, 0.2) is 0 Å². The first-order valence-electron chi connectivity index (χ1n) is 16.5. The number of aryl methyl sites for hydroxylation is 1. The van der Waals surface area contributed by atoms with Gasteiger partial charge in [-0.3, -0.25) is 14.4 Å². The van der Waals surface area contributed by atoms with Crippen molar-refractivity contribution in [2.24, 2.45) is 0 Å². The zero-order valence-corrected chi connectivity index (χ0v) is 26.8. The van der Waals surface area contributed by atoms with Gasteiger partial charge in [-0.05, 0) is 61.1 Å². The van der Waals surface area contributed by atoms with Crippen LogP contribution in [0.2, 0.25) is 0 Å². The summed E-state index contributed by atoms with van der Waals surface area (Å²) in [6.07, 6.45) is 13.0. The van der Waals surface area contributed by atoms with E-state index in [4.69, 9.17) is 14.6 Å². The van der Waals surface area contributed by atoms with Crippen LogP contribution in [-0.4, -0.2) is 46.7 Å². The minimum absolute atomic E-state index is 0.129. The number of carbonyl (C=O) groups excluding carboxylic acids is 3. The molecule has 2 aromatic rings. The Morgan fingerprint density at radius 2 is 1.29 bits per heavy atom. The number of phenols is 1. The van der Waals surface area contributed by atoms with Gasteiger partial charge in [-0.1, -0.05) is 89.0 Å². The molecule has 1 atom stereocenters. The molecule has 0 unspecified atom stereocenters. The number of nitrogens with one attached hydrogen (secondary N) is 1. The number of esters is 2. The average molecular weight is 626 g/mol. The highest BCUT2D eigenvalue weighted by Gasteiger charge is 2.23. The number of amides is 1. The lowest BCUT2D eigenvalue weighted by Gasteiger charge is -2.18. The molecule has 0 aliphatic heterocycles. The first-order chi connectivity index (χ1) is 21.8. The predicted molar refractivity (Wildman–Crippen MR) is 173 cm³/mol. The van der Waals surface area contributed by atoms with Gasteiger partial charge >= 0.3 is 17.9 Å². The quantitative estimate of drug-likeness (QED) is 0.0640. The topological polar surface area (TPSA) is 139 Å². The van der Waals surface area contributed by atoms with E-state index in [0.29, 0.717) is 31.6 Å². The molecule has 0 fully saturated rings. The van der Waals surface area contributed by atoms with Crippen LogP contribution in [-0.2, 0) is 36.8 Å². The highest BCUT2D eigenvalue weighted by molar-refractivity contribution is 5.84. The lowest BCUT2D eigenvalue weighted by atomic mass is 10.0. The minimum atomic E-state index is -0.833. The van der Waals surface area contributed by atoms with Crippen molar-refractivity contribution in [2.45, 2.75) is 122 Å². The molecule has 0 aliphatic carbocycles. The van der Waals surface area contributed by atoms with Crippen molar-refractivity contribution in [1.29, 1.82) is 0 Å². The Morgan fingerprint density at radius 3 is 1.93 bits per heavy atom. The molecule has 0 saturated heterocycles. The monoisotopic (exact) mass is 625 g/mol. The Hall–Kier alpha value is -3.88. The lowest BCUT2D eigenvalue weighted by Crippen LogP contribution is -2.43. The van der Waals surface area contributed by atoms with Crippen molar-refractivity contribution in [3.63, 3.8) is 0 Å². The second-order valence-corrected chi connectivity index (χ2v) is 11.6. The van der Waals surface area contributed by atoms with Crippen LogP contribution in [0.4, 0.5) is 0 Å². The Bertz CT molecular complexity index is 1150. The third-order valence-electron chi connectivity index (χ3n) is 7.56. The van der Waals surface area contributed by atoms with E-state index in [1.54, 1.807) is 36.4 Å². The molecule has 9 nitrogen and oxygen atoms in total. The van der Waals surface area contributed by atoms with E-state index in [9.17, 15) is 24.3 Å². The predicted octanol–water partition coefficient (Wildman–Crippen LogP) is 7.07. The molecular weight excluding hydrogens is 574 g/mol. The molecule has 0 radical (unpaired) electrons. The van der Waals surface area contributed by atoms with Crippen molar-refractivity contribution in [3.05, 3.63) is 59.7 Å². The van der Waals surface area contributed by atoms with E-state index in [0.717, 1.165) is 62.5 Å². The Morgan fingerprint density at radius 1 is 0.711 bits per heavy atom. The first kappa shape index (κ1) is 37.3. The fourth-order valence-electron chi connectivity index (χ4n) is 4.90. The van der Waals surface area contributed by atoms with E-state index in [1.807, 2.05) is 12.1 Å². The highest BCUT2D eigenvalue weighted by Crippen LogP contribution is 2.16. The van der Waals surface area contributed by atoms with Gasteiger partial charge < -0.3 is 25.0 Å². The molecule has 0 aliphatic rings. The number of unbranched alkanes of at least 4 members (excludes halogenated alkanes) is 10. The van der Waals surface area contributed by atoms with E-state index < -0.39 is 18.0 Å². The van der Waals surface area contributed by atoms with Gasteiger partial charge in [0, 0.05) is 25.7 Å². The van der Waals surface area contributed by atoms with Crippen LogP contribution in [0.25, 0.3) is 0 Å². The summed E-state index contributed by atoms with van der Waals surface area (Å²) in [4.78, 5) is 48.4. The molecule has 3 N–H and O–H groups in total. The van der Waals surface area contributed by atoms with E-state index in [1.165, 1.54) is 19.3 Å². The van der Waals surface area contributed by atoms with Gasteiger partial charge in [-0.2, -0.15) is 0 Å². The summed E-state index contributed by atoms with van der Waals surface area (Å²) >= 11 is 0. The third kappa shape index (κ3) is 17.9. The number of carboxylic acids is 1. The van der Waals surface area contributed by atoms with Crippen LogP contribution in [0.1, 0.15) is 114 Å². The van der Waals surface area contributed by atoms with Gasteiger partial charge in [0.2, 0.25) is 5.91 Å². The molecule has 0 heterocycles. The molecule has 2 aromatic carbocycles. The van der Waals surface area contributed by atoms with Crippen molar-refractivity contribution >= 4 is 23.8 Å². The molecule has 1 amide bonds. The maximum absolute atomic E-state index is 12.9. The number of hydrogen-bond donors (Lipinski definition) is 3. The zero-order chi connectivity index (χ0) is 32.7. The average Bonchev–Trinajstić information content (AvgIpc) is 3.02. The molecule has 9 heteroatoms.